The van der Waals surface area contributed by atoms with Crippen LogP contribution >= 0.6 is 0 Å². The Kier molecular flexibility index (Phi) is 6.28. The Bertz CT molecular complexity index is 1020. The molecule has 1 atom stereocenters. The molecule has 1 saturated heterocycles. The SMILES string of the molecule is O=C1CN(C2Cc3ccccc3C2)C[C@H](OCc2cccnc2)CN1Cc1ccccc1. The number of pyridine rings is 1. The fourth-order valence-corrected chi connectivity index (χ4v) is 4.84. The van der Waals surface area contributed by atoms with Gasteiger partial charge in [-0.15, -0.1) is 0 Å². The van der Waals surface area contributed by atoms with E-state index in [2.05, 4.69) is 46.3 Å². The van der Waals surface area contributed by atoms with Gasteiger partial charge < -0.3 is 9.64 Å². The molecule has 0 radical (unpaired) electrons. The second-order valence-electron chi connectivity index (χ2n) is 8.81. The first kappa shape index (κ1) is 20.9. The predicted molar refractivity (Wildman–Crippen MR) is 124 cm³/mol. The summed E-state index contributed by atoms with van der Waals surface area (Å²) in [5.74, 6) is 0.178. The number of carbonyl (C=O) groups excluding carboxylic acids is 1. The van der Waals surface area contributed by atoms with Crippen molar-refractivity contribution in [2.24, 2.45) is 0 Å². The molecule has 5 rings (SSSR count). The fraction of sp³-hybridized carbons (Fsp3) is 0.333. The van der Waals surface area contributed by atoms with Crippen molar-refractivity contribution in [3.8, 4) is 0 Å². The number of carbonyl (C=O) groups is 1. The number of hydrogen-bond acceptors (Lipinski definition) is 4. The highest BCUT2D eigenvalue weighted by molar-refractivity contribution is 5.78. The number of ether oxygens (including phenoxy) is 1. The highest BCUT2D eigenvalue weighted by Crippen LogP contribution is 2.27. The zero-order valence-corrected chi connectivity index (χ0v) is 18.3. The number of nitrogens with zero attached hydrogens (tertiary/aromatic N) is 3. The lowest BCUT2D eigenvalue weighted by atomic mass is 10.1. The van der Waals surface area contributed by atoms with Crippen molar-refractivity contribution in [1.29, 1.82) is 0 Å². The third kappa shape index (κ3) is 4.90. The van der Waals surface area contributed by atoms with E-state index in [-0.39, 0.29) is 12.0 Å². The molecule has 1 aliphatic heterocycles. The molecular weight excluding hydrogens is 398 g/mol. The van der Waals surface area contributed by atoms with Crippen LogP contribution < -0.4 is 0 Å². The molecule has 3 aromatic rings. The minimum absolute atomic E-state index is 0.0471. The molecule has 0 N–H and O–H groups in total. The van der Waals surface area contributed by atoms with E-state index in [0.29, 0.717) is 32.3 Å². The molecule has 5 nitrogen and oxygen atoms in total. The van der Waals surface area contributed by atoms with E-state index in [4.69, 9.17) is 4.74 Å². The largest absolute Gasteiger partial charge is 0.370 e. The lowest BCUT2D eigenvalue weighted by Crippen LogP contribution is -2.43. The van der Waals surface area contributed by atoms with Gasteiger partial charge in [-0.2, -0.15) is 0 Å². The van der Waals surface area contributed by atoms with Crippen LogP contribution in [0.3, 0.4) is 0 Å². The summed E-state index contributed by atoms with van der Waals surface area (Å²) in [5.41, 5.74) is 5.01. The molecule has 32 heavy (non-hydrogen) atoms. The van der Waals surface area contributed by atoms with Crippen LogP contribution in [0.5, 0.6) is 0 Å². The maximum Gasteiger partial charge on any atom is 0.237 e. The molecular formula is C27H29N3O2. The van der Waals surface area contributed by atoms with Crippen molar-refractivity contribution in [3.05, 3.63) is 101 Å². The van der Waals surface area contributed by atoms with E-state index in [1.165, 1.54) is 11.1 Å². The topological polar surface area (TPSA) is 45.7 Å². The Hall–Kier alpha value is -3.02. The van der Waals surface area contributed by atoms with Crippen molar-refractivity contribution in [1.82, 2.24) is 14.8 Å². The van der Waals surface area contributed by atoms with Gasteiger partial charge >= 0.3 is 0 Å². The predicted octanol–water partition coefficient (Wildman–Crippen LogP) is 3.48. The molecule has 2 aliphatic rings. The summed E-state index contributed by atoms with van der Waals surface area (Å²) in [6.07, 6.45) is 5.56. The highest BCUT2D eigenvalue weighted by atomic mass is 16.5. The van der Waals surface area contributed by atoms with Crippen LogP contribution in [0.15, 0.2) is 79.1 Å². The number of rotatable bonds is 6. The molecule has 0 spiro atoms. The van der Waals surface area contributed by atoms with Crippen molar-refractivity contribution >= 4 is 5.91 Å². The lowest BCUT2D eigenvalue weighted by Gasteiger charge is -2.28. The maximum atomic E-state index is 13.3. The summed E-state index contributed by atoms with van der Waals surface area (Å²) in [4.78, 5) is 21.8. The molecule has 0 saturated carbocycles. The van der Waals surface area contributed by atoms with Gasteiger partial charge in [-0.1, -0.05) is 60.7 Å². The van der Waals surface area contributed by atoms with Crippen LogP contribution in [0.4, 0.5) is 0 Å². The average molecular weight is 428 g/mol. The number of fused-ring (bicyclic) bond motifs is 1. The normalized spacial score (nSPS) is 19.7. The second-order valence-corrected chi connectivity index (χ2v) is 8.81. The lowest BCUT2D eigenvalue weighted by molar-refractivity contribution is -0.132. The van der Waals surface area contributed by atoms with Crippen molar-refractivity contribution in [3.63, 3.8) is 0 Å². The van der Waals surface area contributed by atoms with E-state index in [1.54, 1.807) is 6.20 Å². The van der Waals surface area contributed by atoms with Crippen molar-refractivity contribution in [2.75, 3.05) is 19.6 Å². The van der Waals surface area contributed by atoms with Crippen LogP contribution in [0.1, 0.15) is 22.3 Å². The van der Waals surface area contributed by atoms with Gasteiger partial charge in [0.15, 0.2) is 0 Å². The van der Waals surface area contributed by atoms with Gasteiger partial charge in [0.1, 0.15) is 0 Å². The Morgan fingerprint density at radius 3 is 2.31 bits per heavy atom. The van der Waals surface area contributed by atoms with Gasteiger partial charge in [0.25, 0.3) is 0 Å². The molecule has 1 fully saturated rings. The third-order valence-electron chi connectivity index (χ3n) is 6.52. The summed E-state index contributed by atoms with van der Waals surface area (Å²) < 4.78 is 6.36. The van der Waals surface area contributed by atoms with E-state index in [0.717, 1.165) is 30.5 Å². The van der Waals surface area contributed by atoms with Crippen LogP contribution in [0.25, 0.3) is 0 Å². The summed E-state index contributed by atoms with van der Waals surface area (Å²) in [6.45, 7) is 2.92. The maximum absolute atomic E-state index is 13.3. The zero-order chi connectivity index (χ0) is 21.8. The monoisotopic (exact) mass is 427 g/mol. The van der Waals surface area contributed by atoms with Gasteiger partial charge in [-0.05, 0) is 41.2 Å². The van der Waals surface area contributed by atoms with Crippen LogP contribution in [0, 0.1) is 0 Å². The van der Waals surface area contributed by atoms with Crippen molar-refractivity contribution < 1.29 is 9.53 Å². The second kappa shape index (κ2) is 9.63. The molecule has 5 heteroatoms. The van der Waals surface area contributed by atoms with E-state index in [1.807, 2.05) is 41.4 Å². The first-order chi connectivity index (χ1) is 15.7. The summed E-state index contributed by atoms with van der Waals surface area (Å²) in [5, 5.41) is 0. The fourth-order valence-electron chi connectivity index (χ4n) is 4.84. The van der Waals surface area contributed by atoms with Gasteiger partial charge in [0, 0.05) is 38.1 Å². The van der Waals surface area contributed by atoms with Gasteiger partial charge in [-0.3, -0.25) is 14.7 Å². The first-order valence-corrected chi connectivity index (χ1v) is 11.4. The third-order valence-corrected chi connectivity index (χ3v) is 6.52. The zero-order valence-electron chi connectivity index (χ0n) is 18.3. The Morgan fingerprint density at radius 1 is 0.875 bits per heavy atom. The molecule has 164 valence electrons. The summed E-state index contributed by atoms with van der Waals surface area (Å²) in [7, 11) is 0. The standard InChI is InChI=1S/C27H29N3O2/c31-27-19-29(25-13-23-10-4-5-11-24(23)14-25)17-26(32-20-22-9-6-12-28-15-22)18-30(27)16-21-7-2-1-3-8-21/h1-12,15,25-26H,13-14,16-20H2/t26-/m0/s1. The van der Waals surface area contributed by atoms with E-state index < -0.39 is 0 Å². The average Bonchev–Trinajstić information content (AvgIpc) is 3.20. The van der Waals surface area contributed by atoms with Crippen LogP contribution in [-0.2, 0) is 35.5 Å². The first-order valence-electron chi connectivity index (χ1n) is 11.4. The molecule has 2 aromatic carbocycles. The molecule has 0 bridgehead atoms. The molecule has 1 amide bonds. The number of aromatic nitrogens is 1. The highest BCUT2D eigenvalue weighted by Gasteiger charge is 2.34. The minimum atomic E-state index is -0.0471. The van der Waals surface area contributed by atoms with Crippen LogP contribution in [-0.4, -0.2) is 52.5 Å². The summed E-state index contributed by atoms with van der Waals surface area (Å²) in [6, 6.07) is 23.2. The Morgan fingerprint density at radius 2 is 1.59 bits per heavy atom. The summed E-state index contributed by atoms with van der Waals surface area (Å²) >= 11 is 0. The molecule has 1 aromatic heterocycles. The molecule has 0 unspecified atom stereocenters. The van der Waals surface area contributed by atoms with E-state index in [9.17, 15) is 4.79 Å². The minimum Gasteiger partial charge on any atom is -0.370 e. The van der Waals surface area contributed by atoms with Gasteiger partial charge in [0.05, 0.1) is 19.3 Å². The number of amides is 1. The van der Waals surface area contributed by atoms with Crippen molar-refractivity contribution in [2.45, 2.75) is 38.1 Å². The number of hydrogen-bond donors (Lipinski definition) is 0. The van der Waals surface area contributed by atoms with Gasteiger partial charge in [0.2, 0.25) is 5.91 Å². The molecule has 2 heterocycles. The van der Waals surface area contributed by atoms with E-state index >= 15 is 0 Å². The smallest absolute Gasteiger partial charge is 0.237 e. The van der Waals surface area contributed by atoms with Crippen LogP contribution in [0.2, 0.25) is 0 Å². The quantitative estimate of drug-likeness (QED) is 0.604. The number of benzene rings is 2. The molecule has 1 aliphatic carbocycles. The Balaban J connectivity index is 1.33. The van der Waals surface area contributed by atoms with Gasteiger partial charge in [-0.25, -0.2) is 0 Å². The Labute approximate surface area is 189 Å².